The van der Waals surface area contributed by atoms with E-state index in [-0.39, 0.29) is 12.8 Å². The third-order valence-electron chi connectivity index (χ3n) is 6.60. The summed E-state index contributed by atoms with van der Waals surface area (Å²) in [4.78, 5) is 87.8. The van der Waals surface area contributed by atoms with Gasteiger partial charge in [-0.1, -0.05) is 34.1 Å². The van der Waals surface area contributed by atoms with Gasteiger partial charge in [0.2, 0.25) is 17.7 Å². The van der Waals surface area contributed by atoms with Crippen LogP contribution in [0.3, 0.4) is 0 Å². The van der Waals surface area contributed by atoms with Gasteiger partial charge in [0.15, 0.2) is 5.54 Å². The number of carbonyl (C=O) groups excluding carboxylic acids is 5. The van der Waals surface area contributed by atoms with Gasteiger partial charge in [-0.25, -0.2) is 9.59 Å². The van der Waals surface area contributed by atoms with E-state index in [9.17, 15) is 43.8 Å². The van der Waals surface area contributed by atoms with Crippen LogP contribution in [0.5, 0.6) is 0 Å². The van der Waals surface area contributed by atoms with E-state index < -0.39 is 95.5 Å². The molecule has 42 heavy (non-hydrogen) atoms. The fourth-order valence-corrected chi connectivity index (χ4v) is 3.86. The Morgan fingerprint density at radius 1 is 0.857 bits per heavy atom. The van der Waals surface area contributed by atoms with Crippen LogP contribution < -0.4 is 27.0 Å². The lowest BCUT2D eigenvalue weighted by atomic mass is 9.91. The lowest BCUT2D eigenvalue weighted by molar-refractivity contribution is -0.167. The van der Waals surface area contributed by atoms with Crippen molar-refractivity contribution < 1.29 is 48.5 Å². The number of rotatable bonds is 18. The van der Waals surface area contributed by atoms with Crippen molar-refractivity contribution >= 4 is 41.5 Å². The van der Waals surface area contributed by atoms with E-state index in [4.69, 9.17) is 10.5 Å². The predicted octanol–water partition coefficient (Wildman–Crippen LogP) is -0.342. The number of likely N-dealkylation sites (N-methyl/N-ethyl adjacent to an activating group) is 1. The Labute approximate surface area is 246 Å². The standard InChI is InChI=1S/C27H47N5O10/c1-9-15(4)20(22(37)31-19(14(2)3)23(38)39)32-21(36)16(10-11-17(28)33)30-24(40)27(29-8,13-12-18(34)35)25(41)42-26(5,6)7/h14-16,19-20,29H,9-13H2,1-8H3,(H2,28,33)(H,30,40)(H,31,37)(H,32,36)(H,34,35)(H,38,39)/t15-,16-,19-,20-,27-/m0/s1. The third kappa shape index (κ3) is 12.0. The fourth-order valence-electron chi connectivity index (χ4n) is 3.86. The Morgan fingerprint density at radius 3 is 1.81 bits per heavy atom. The Morgan fingerprint density at radius 2 is 1.40 bits per heavy atom. The Hall–Kier alpha value is -3.75. The molecule has 0 aliphatic carbocycles. The summed E-state index contributed by atoms with van der Waals surface area (Å²) in [6.45, 7) is 11.3. The smallest absolute Gasteiger partial charge is 0.336 e. The highest BCUT2D eigenvalue weighted by molar-refractivity contribution is 6.09. The molecule has 0 unspecified atom stereocenters. The van der Waals surface area contributed by atoms with E-state index in [1.165, 1.54) is 7.05 Å². The molecule has 0 radical (unpaired) electrons. The molecule has 240 valence electrons. The maximum atomic E-state index is 13.6. The number of carboxylic acids is 2. The number of ether oxygens (including phenoxy) is 1. The van der Waals surface area contributed by atoms with Crippen molar-refractivity contribution in [1.29, 1.82) is 0 Å². The molecule has 0 heterocycles. The SMILES string of the molecule is CC[C@H](C)[C@H](NC(=O)[C@H](CCC(N)=O)NC(=O)[C@](CCC(=O)O)(NC)C(=O)OC(C)(C)C)C(=O)N[C@H](C(=O)O)C(C)C. The topological polar surface area (TPSA) is 243 Å². The molecule has 0 aromatic heterocycles. The van der Waals surface area contributed by atoms with Crippen LogP contribution in [0.4, 0.5) is 0 Å². The first-order valence-electron chi connectivity index (χ1n) is 13.8. The molecule has 0 aromatic carbocycles. The molecule has 4 amide bonds. The zero-order valence-electron chi connectivity index (χ0n) is 25.7. The summed E-state index contributed by atoms with van der Waals surface area (Å²) >= 11 is 0. The van der Waals surface area contributed by atoms with E-state index in [1.807, 2.05) is 0 Å². The number of esters is 1. The molecule has 8 N–H and O–H groups in total. The summed E-state index contributed by atoms with van der Waals surface area (Å²) in [6.07, 6.45) is -1.41. The monoisotopic (exact) mass is 601 g/mol. The van der Waals surface area contributed by atoms with Gasteiger partial charge in [-0.3, -0.25) is 29.3 Å². The minimum atomic E-state index is -2.23. The Balaban J connectivity index is 6.39. The molecule has 15 nitrogen and oxygen atoms in total. The Kier molecular flexibility index (Phi) is 15.1. The molecule has 0 saturated carbocycles. The second-order valence-corrected chi connectivity index (χ2v) is 11.5. The lowest BCUT2D eigenvalue weighted by Gasteiger charge is -2.34. The summed E-state index contributed by atoms with van der Waals surface area (Å²) in [6, 6.07) is -3.95. The van der Waals surface area contributed by atoms with Crippen LogP contribution in [0.2, 0.25) is 0 Å². The highest BCUT2D eigenvalue weighted by Gasteiger charge is 2.49. The van der Waals surface area contributed by atoms with Gasteiger partial charge in [0.05, 0.1) is 0 Å². The molecule has 0 rings (SSSR count). The number of amides is 4. The molecule has 5 atom stereocenters. The van der Waals surface area contributed by atoms with Crippen molar-refractivity contribution in [3.8, 4) is 0 Å². The van der Waals surface area contributed by atoms with E-state index in [1.54, 1.807) is 48.5 Å². The summed E-state index contributed by atoms with van der Waals surface area (Å²) in [5.41, 5.74) is 1.98. The first kappa shape index (κ1) is 38.2. The summed E-state index contributed by atoms with van der Waals surface area (Å²) in [5, 5.41) is 28.6. The second kappa shape index (κ2) is 16.6. The van der Waals surface area contributed by atoms with Crippen molar-refractivity contribution in [3.63, 3.8) is 0 Å². The van der Waals surface area contributed by atoms with Crippen LogP contribution in [-0.4, -0.2) is 88.1 Å². The summed E-state index contributed by atoms with van der Waals surface area (Å²) < 4.78 is 5.37. The molecular weight excluding hydrogens is 554 g/mol. The maximum absolute atomic E-state index is 13.6. The number of nitrogens with two attached hydrogens (primary N) is 1. The van der Waals surface area contributed by atoms with Gasteiger partial charge in [0.25, 0.3) is 5.91 Å². The van der Waals surface area contributed by atoms with Gasteiger partial charge in [0.1, 0.15) is 23.7 Å². The summed E-state index contributed by atoms with van der Waals surface area (Å²) in [7, 11) is 1.25. The van der Waals surface area contributed by atoms with Crippen molar-refractivity contribution in [2.24, 2.45) is 17.6 Å². The van der Waals surface area contributed by atoms with Crippen LogP contribution >= 0.6 is 0 Å². The van der Waals surface area contributed by atoms with Crippen LogP contribution in [0, 0.1) is 11.8 Å². The van der Waals surface area contributed by atoms with E-state index in [0.717, 1.165) is 0 Å². The minimum absolute atomic E-state index is 0.321. The van der Waals surface area contributed by atoms with Gasteiger partial charge in [-0.15, -0.1) is 0 Å². The largest absolute Gasteiger partial charge is 0.481 e. The zero-order chi connectivity index (χ0) is 33.0. The number of carbonyl (C=O) groups is 7. The molecule has 0 saturated heterocycles. The molecule has 15 heteroatoms. The first-order chi connectivity index (χ1) is 19.2. The fraction of sp³-hybridized carbons (Fsp3) is 0.741. The van der Waals surface area contributed by atoms with Crippen molar-refractivity contribution in [2.45, 2.75) is 110 Å². The predicted molar refractivity (Wildman–Crippen MR) is 151 cm³/mol. The lowest BCUT2D eigenvalue weighted by Crippen LogP contribution is -2.66. The first-order valence-corrected chi connectivity index (χ1v) is 13.8. The molecule has 0 aromatic rings. The van der Waals surface area contributed by atoms with Gasteiger partial charge < -0.3 is 36.6 Å². The maximum Gasteiger partial charge on any atom is 0.336 e. The van der Waals surface area contributed by atoms with Gasteiger partial charge in [-0.05, 0) is 52.5 Å². The third-order valence-corrected chi connectivity index (χ3v) is 6.60. The van der Waals surface area contributed by atoms with Crippen LogP contribution in [-0.2, 0) is 38.3 Å². The van der Waals surface area contributed by atoms with Crippen molar-refractivity contribution in [3.05, 3.63) is 0 Å². The number of hydrogen-bond donors (Lipinski definition) is 7. The molecule has 0 bridgehead atoms. The highest BCUT2D eigenvalue weighted by atomic mass is 16.6. The van der Waals surface area contributed by atoms with Crippen LogP contribution in [0.15, 0.2) is 0 Å². The van der Waals surface area contributed by atoms with Gasteiger partial charge in [0, 0.05) is 12.8 Å². The molecule has 0 spiro atoms. The number of hydrogen-bond acceptors (Lipinski definition) is 9. The van der Waals surface area contributed by atoms with Gasteiger partial charge >= 0.3 is 17.9 Å². The van der Waals surface area contributed by atoms with E-state index in [2.05, 4.69) is 21.3 Å². The van der Waals surface area contributed by atoms with Gasteiger partial charge in [-0.2, -0.15) is 0 Å². The number of aliphatic carboxylic acids is 2. The Bertz CT molecular complexity index is 1010. The van der Waals surface area contributed by atoms with Crippen LogP contribution in [0.1, 0.15) is 80.6 Å². The number of primary amides is 1. The average Bonchev–Trinajstić information content (AvgIpc) is 2.86. The molecular formula is C27H47N5O10. The minimum Gasteiger partial charge on any atom is -0.481 e. The average molecular weight is 602 g/mol. The van der Waals surface area contributed by atoms with E-state index in [0.29, 0.717) is 6.42 Å². The quantitative estimate of drug-likeness (QED) is 0.0791. The normalized spacial score (nSPS) is 15.7. The number of nitrogens with one attached hydrogen (secondary N) is 4. The van der Waals surface area contributed by atoms with E-state index >= 15 is 0 Å². The second-order valence-electron chi connectivity index (χ2n) is 11.5. The number of carboxylic acid groups (broad SMARTS) is 2. The zero-order valence-corrected chi connectivity index (χ0v) is 25.7. The molecule has 0 aliphatic heterocycles. The highest BCUT2D eigenvalue weighted by Crippen LogP contribution is 2.21. The molecule has 0 fully saturated rings. The summed E-state index contributed by atoms with van der Waals surface area (Å²) in [5.74, 6) is -8.14. The van der Waals surface area contributed by atoms with Crippen LogP contribution in [0.25, 0.3) is 0 Å². The van der Waals surface area contributed by atoms with Crippen molar-refractivity contribution in [1.82, 2.24) is 21.3 Å². The van der Waals surface area contributed by atoms with Crippen molar-refractivity contribution in [2.75, 3.05) is 7.05 Å². The molecule has 0 aliphatic rings.